The Hall–Kier alpha value is -2.89. The molecular formula is C19H18F3N3O4S. The van der Waals surface area contributed by atoms with Gasteiger partial charge in [0, 0.05) is 10.4 Å². The van der Waals surface area contributed by atoms with Crippen molar-refractivity contribution in [2.45, 2.75) is 18.4 Å². The van der Waals surface area contributed by atoms with Gasteiger partial charge in [0.05, 0.1) is 5.69 Å². The van der Waals surface area contributed by atoms with Crippen LogP contribution in [0.1, 0.15) is 22.7 Å². The molecule has 0 radical (unpaired) electrons. The smallest absolute Gasteiger partial charge is 0.413 e. The molecule has 4 N–H and O–H groups in total. The van der Waals surface area contributed by atoms with Crippen molar-refractivity contribution < 1.29 is 23.4 Å². The molecule has 30 heavy (non-hydrogen) atoms. The van der Waals surface area contributed by atoms with Crippen molar-refractivity contribution in [1.82, 2.24) is 4.90 Å². The van der Waals surface area contributed by atoms with Crippen LogP contribution in [0.5, 0.6) is 5.75 Å². The summed E-state index contributed by atoms with van der Waals surface area (Å²) in [6.45, 7) is 0. The lowest BCUT2D eigenvalue weighted by Crippen LogP contribution is -2.39. The first-order chi connectivity index (χ1) is 14.0. The minimum atomic E-state index is -4.71. The lowest BCUT2D eigenvalue weighted by molar-refractivity contribution is -0.143. The summed E-state index contributed by atoms with van der Waals surface area (Å²) in [5.74, 6) is -0.400. The number of thiophene rings is 1. The summed E-state index contributed by atoms with van der Waals surface area (Å²) in [4.78, 5) is 25.3. The number of para-hydroxylation sites is 1. The molecule has 2 aromatic carbocycles. The van der Waals surface area contributed by atoms with Gasteiger partial charge in [0.2, 0.25) is 0 Å². The second-order valence-electron chi connectivity index (χ2n) is 6.75. The monoisotopic (exact) mass is 441 g/mol. The second-order valence-corrected chi connectivity index (χ2v) is 7.73. The quantitative estimate of drug-likeness (QED) is 0.254. The van der Waals surface area contributed by atoms with Crippen LogP contribution >= 0.6 is 11.3 Å². The number of rotatable bonds is 7. The molecular weight excluding hydrogens is 423 g/mol. The van der Waals surface area contributed by atoms with Gasteiger partial charge in [-0.05, 0) is 31.6 Å². The number of anilines is 3. The molecule has 0 saturated heterocycles. The molecule has 3 rings (SSSR count). The molecule has 0 amide bonds. The lowest BCUT2D eigenvalue weighted by atomic mass is 10.1. The fourth-order valence-corrected chi connectivity index (χ4v) is 3.65. The van der Waals surface area contributed by atoms with Crippen LogP contribution in [-0.2, 0) is 0 Å². The van der Waals surface area contributed by atoms with Crippen LogP contribution in [0, 0.1) is 0 Å². The third kappa shape index (κ3) is 4.04. The van der Waals surface area contributed by atoms with E-state index in [0.717, 1.165) is 11.3 Å². The van der Waals surface area contributed by atoms with E-state index in [2.05, 4.69) is 10.6 Å². The molecule has 0 aliphatic carbocycles. The Kier molecular flexibility index (Phi) is 5.88. The summed E-state index contributed by atoms with van der Waals surface area (Å²) in [5.41, 5.74) is -2.94. The first-order valence-corrected chi connectivity index (χ1v) is 9.53. The molecule has 0 bridgehead atoms. The highest BCUT2D eigenvalue weighted by Crippen LogP contribution is 2.40. The van der Waals surface area contributed by atoms with Gasteiger partial charge < -0.3 is 20.8 Å². The van der Waals surface area contributed by atoms with Gasteiger partial charge in [-0.2, -0.15) is 13.2 Å². The average molecular weight is 441 g/mol. The number of alkyl halides is 3. The van der Waals surface area contributed by atoms with E-state index < -0.39 is 46.4 Å². The number of benzene rings is 1. The van der Waals surface area contributed by atoms with E-state index in [1.165, 1.54) is 40.6 Å². The molecule has 0 spiro atoms. The summed E-state index contributed by atoms with van der Waals surface area (Å²) in [5, 5.41) is 26.6. The molecule has 2 atom stereocenters. The van der Waals surface area contributed by atoms with Gasteiger partial charge >= 0.3 is 6.18 Å². The number of nitrogens with zero attached hydrogens (tertiary/aromatic N) is 1. The van der Waals surface area contributed by atoms with Crippen molar-refractivity contribution in [3.63, 3.8) is 0 Å². The molecule has 1 heterocycles. The number of phenols is 1. The van der Waals surface area contributed by atoms with Crippen LogP contribution < -0.4 is 21.5 Å². The predicted molar refractivity (Wildman–Crippen MR) is 108 cm³/mol. The van der Waals surface area contributed by atoms with Gasteiger partial charge in [-0.25, -0.2) is 0 Å². The van der Waals surface area contributed by atoms with Crippen molar-refractivity contribution >= 4 is 28.4 Å². The van der Waals surface area contributed by atoms with Crippen molar-refractivity contribution in [1.29, 1.82) is 0 Å². The highest BCUT2D eigenvalue weighted by molar-refractivity contribution is 7.10. The molecule has 1 unspecified atom stereocenters. The highest BCUT2D eigenvalue weighted by Gasteiger charge is 2.43. The maximum atomic E-state index is 13.5. The number of aliphatic hydroxyl groups excluding tert-OH is 1. The Labute approximate surface area is 172 Å². The Morgan fingerprint density at radius 3 is 2.30 bits per heavy atom. The topological polar surface area (TPSA) is 102 Å². The summed E-state index contributed by atoms with van der Waals surface area (Å²) in [7, 11) is 3.15. The molecule has 7 nitrogen and oxygen atoms in total. The summed E-state index contributed by atoms with van der Waals surface area (Å²) in [6.07, 6.45) is -5.87. The molecule has 0 fully saturated rings. The molecule has 0 aliphatic rings. The Balaban J connectivity index is 1.94. The number of aromatic hydroxyl groups is 1. The zero-order chi connectivity index (χ0) is 22.2. The Morgan fingerprint density at radius 2 is 1.73 bits per heavy atom. The third-order valence-corrected chi connectivity index (χ3v) is 5.39. The predicted octanol–water partition coefficient (Wildman–Crippen LogP) is 3.06. The summed E-state index contributed by atoms with van der Waals surface area (Å²) >= 11 is 0.858. The molecule has 1 aromatic heterocycles. The standard InChI is InChI=1S/C19H18F3N3O4S/c1-25(2)18(29)9-5-3-6-10(14(9)26)23-12-13(16(28)15(12)27)24-17(19(20,21)22)11-7-4-8-30-11/h3-8,17-18,23-24,26,29H,1-2H3/t17-,18?/m0/s1. The van der Waals surface area contributed by atoms with E-state index >= 15 is 0 Å². The maximum absolute atomic E-state index is 13.5. The highest BCUT2D eigenvalue weighted by atomic mass is 32.1. The fourth-order valence-electron chi connectivity index (χ4n) is 2.85. The zero-order valence-corrected chi connectivity index (χ0v) is 16.6. The largest absolute Gasteiger partial charge is 0.505 e. The SMILES string of the molecule is CN(C)C(O)c1cccc(Nc2c(N[C@@H](c3cccs3)C(F)(F)F)c(=O)c2=O)c1O. The minimum Gasteiger partial charge on any atom is -0.505 e. The van der Waals surface area contributed by atoms with E-state index in [0.29, 0.717) is 0 Å². The normalized spacial score (nSPS) is 14.1. The van der Waals surface area contributed by atoms with E-state index in [1.54, 1.807) is 14.1 Å². The van der Waals surface area contributed by atoms with Crippen molar-refractivity contribution in [2.75, 3.05) is 24.7 Å². The van der Waals surface area contributed by atoms with Crippen LogP contribution in [0.4, 0.5) is 30.2 Å². The Morgan fingerprint density at radius 1 is 1.07 bits per heavy atom. The van der Waals surface area contributed by atoms with Crippen LogP contribution in [0.25, 0.3) is 0 Å². The number of phenolic OH excluding ortho intramolecular Hbond substituents is 1. The maximum Gasteiger partial charge on any atom is 0.413 e. The minimum absolute atomic E-state index is 0.0387. The zero-order valence-electron chi connectivity index (χ0n) is 15.8. The van der Waals surface area contributed by atoms with Gasteiger partial charge in [0.1, 0.15) is 23.4 Å². The van der Waals surface area contributed by atoms with Gasteiger partial charge in [-0.3, -0.25) is 14.5 Å². The van der Waals surface area contributed by atoms with Gasteiger partial charge in [-0.1, -0.05) is 18.2 Å². The number of nitrogens with one attached hydrogen (secondary N) is 2. The molecule has 0 saturated carbocycles. The lowest BCUT2D eigenvalue weighted by Gasteiger charge is -2.24. The van der Waals surface area contributed by atoms with E-state index in [4.69, 9.17) is 0 Å². The van der Waals surface area contributed by atoms with Crippen molar-refractivity contribution in [3.8, 4) is 5.75 Å². The Bertz CT molecular complexity index is 1110. The van der Waals surface area contributed by atoms with Gasteiger partial charge in [-0.15, -0.1) is 11.3 Å². The number of hydrogen-bond donors (Lipinski definition) is 4. The van der Waals surface area contributed by atoms with E-state index in [1.807, 2.05) is 0 Å². The number of hydrogen-bond acceptors (Lipinski definition) is 8. The van der Waals surface area contributed by atoms with E-state index in [9.17, 15) is 33.0 Å². The molecule has 11 heteroatoms. The third-order valence-electron chi connectivity index (χ3n) is 4.45. The van der Waals surface area contributed by atoms with E-state index in [-0.39, 0.29) is 16.1 Å². The average Bonchev–Trinajstić information content (AvgIpc) is 3.20. The van der Waals surface area contributed by atoms with Crippen LogP contribution in [0.3, 0.4) is 0 Å². The first-order valence-electron chi connectivity index (χ1n) is 8.65. The molecule has 3 aromatic rings. The van der Waals surface area contributed by atoms with Crippen molar-refractivity contribution in [3.05, 3.63) is 66.6 Å². The molecule has 0 aliphatic heterocycles. The van der Waals surface area contributed by atoms with Crippen LogP contribution in [0.15, 0.2) is 45.3 Å². The number of halogens is 3. The van der Waals surface area contributed by atoms with Crippen LogP contribution in [-0.4, -0.2) is 35.4 Å². The van der Waals surface area contributed by atoms with Crippen LogP contribution in [0.2, 0.25) is 0 Å². The van der Waals surface area contributed by atoms with Gasteiger partial charge in [0.15, 0.2) is 6.04 Å². The summed E-state index contributed by atoms with van der Waals surface area (Å²) < 4.78 is 40.5. The fraction of sp³-hybridized carbons (Fsp3) is 0.263. The summed E-state index contributed by atoms with van der Waals surface area (Å²) in [6, 6.07) is 4.84. The number of aliphatic hydroxyl groups is 1. The first kappa shape index (κ1) is 21.8. The second kappa shape index (κ2) is 8.09. The van der Waals surface area contributed by atoms with Gasteiger partial charge in [0.25, 0.3) is 10.9 Å². The van der Waals surface area contributed by atoms with Crippen molar-refractivity contribution in [2.24, 2.45) is 0 Å². The molecule has 160 valence electrons.